The Morgan fingerprint density at radius 2 is 1.78 bits per heavy atom. The Labute approximate surface area is 262 Å². The Morgan fingerprint density at radius 1 is 1.09 bits per heavy atom. The van der Waals surface area contributed by atoms with Crippen molar-refractivity contribution in [2.24, 2.45) is 5.41 Å². The molecule has 9 nitrogen and oxygen atoms in total. The van der Waals surface area contributed by atoms with Crippen LogP contribution in [-0.2, 0) is 4.74 Å². The number of carbonyl (C=O) groups excluding carboxylic acids is 1. The summed E-state index contributed by atoms with van der Waals surface area (Å²) in [4.78, 5) is 28.0. The topological polar surface area (TPSA) is 91.3 Å². The molecule has 240 valence electrons. The maximum Gasteiger partial charge on any atom is 0.410 e. The summed E-state index contributed by atoms with van der Waals surface area (Å²) in [5.74, 6) is -1.38. The van der Waals surface area contributed by atoms with Crippen molar-refractivity contribution >= 4 is 28.9 Å². The van der Waals surface area contributed by atoms with Crippen LogP contribution in [0.25, 0.3) is 28.1 Å². The van der Waals surface area contributed by atoms with Crippen molar-refractivity contribution in [3.63, 3.8) is 0 Å². The highest BCUT2D eigenvalue weighted by molar-refractivity contribution is 5.97. The summed E-state index contributed by atoms with van der Waals surface area (Å²) in [7, 11) is 2.06. The first-order chi connectivity index (χ1) is 21.4. The Bertz CT molecular complexity index is 1600. The van der Waals surface area contributed by atoms with Gasteiger partial charge in [0.15, 0.2) is 5.82 Å². The average molecular weight is 622 g/mol. The molecule has 0 saturated carbocycles. The highest BCUT2D eigenvalue weighted by Gasteiger charge is 2.48. The zero-order valence-corrected chi connectivity index (χ0v) is 26.4. The van der Waals surface area contributed by atoms with Crippen LogP contribution in [0.5, 0.6) is 11.8 Å². The lowest BCUT2D eigenvalue weighted by atomic mass is 9.72. The Morgan fingerprint density at radius 3 is 2.40 bits per heavy atom. The van der Waals surface area contributed by atoms with Gasteiger partial charge in [-0.2, -0.15) is 9.97 Å². The number of fused-ring (bicyclic) bond motifs is 1. The van der Waals surface area contributed by atoms with Gasteiger partial charge < -0.3 is 29.3 Å². The second-order valence-electron chi connectivity index (χ2n) is 13.7. The number of phenols is 1. The number of piperidine rings is 2. The minimum Gasteiger partial charge on any atom is -0.507 e. The summed E-state index contributed by atoms with van der Waals surface area (Å²) in [6, 6.07) is 5.65. The van der Waals surface area contributed by atoms with Crippen molar-refractivity contribution in [2.75, 3.05) is 51.2 Å². The number of phenolic OH excluding ortho intramolecular Hbond substituents is 1. The number of amides is 1. The van der Waals surface area contributed by atoms with Crippen LogP contribution in [0.2, 0.25) is 0 Å². The lowest BCUT2D eigenvalue weighted by Gasteiger charge is -2.53. The van der Waals surface area contributed by atoms with Gasteiger partial charge in [0.1, 0.15) is 34.6 Å². The molecule has 4 heterocycles. The number of likely N-dealkylation sites (tertiary alicyclic amines) is 2. The molecule has 3 saturated heterocycles. The number of hydrogen-bond donors (Lipinski definition) is 1. The third-order valence-electron chi connectivity index (χ3n) is 9.15. The number of anilines is 1. The fourth-order valence-electron chi connectivity index (χ4n) is 6.66. The van der Waals surface area contributed by atoms with Gasteiger partial charge in [0.05, 0.1) is 5.56 Å². The highest BCUT2D eigenvalue weighted by atomic mass is 19.1. The van der Waals surface area contributed by atoms with E-state index in [9.17, 15) is 9.90 Å². The smallest absolute Gasteiger partial charge is 0.410 e. The van der Waals surface area contributed by atoms with Crippen molar-refractivity contribution < 1.29 is 28.2 Å². The van der Waals surface area contributed by atoms with E-state index < -0.39 is 17.2 Å². The molecule has 0 atom stereocenters. The number of nitrogens with zero attached hydrogens (tertiary/aromatic N) is 5. The van der Waals surface area contributed by atoms with Crippen molar-refractivity contribution in [1.82, 2.24) is 19.8 Å². The number of hydrogen-bond acceptors (Lipinski definition) is 8. The minimum atomic E-state index is -0.778. The van der Waals surface area contributed by atoms with Gasteiger partial charge in [0.25, 0.3) is 0 Å². The van der Waals surface area contributed by atoms with Gasteiger partial charge in [-0.3, -0.25) is 0 Å². The molecule has 0 aliphatic carbocycles. The number of benzene rings is 2. The van der Waals surface area contributed by atoms with E-state index in [4.69, 9.17) is 14.5 Å². The van der Waals surface area contributed by atoms with Crippen LogP contribution in [0, 0.1) is 17.0 Å². The molecule has 1 aromatic heterocycles. The zero-order chi connectivity index (χ0) is 32.1. The molecule has 2 aromatic carbocycles. The van der Waals surface area contributed by atoms with Gasteiger partial charge in [-0.25, -0.2) is 13.6 Å². The molecule has 6 rings (SSSR count). The first-order valence-corrected chi connectivity index (χ1v) is 15.6. The van der Waals surface area contributed by atoms with Crippen LogP contribution in [-0.4, -0.2) is 89.0 Å². The second-order valence-corrected chi connectivity index (χ2v) is 13.7. The number of aromatic hydroxyl groups is 1. The predicted molar refractivity (Wildman–Crippen MR) is 169 cm³/mol. The van der Waals surface area contributed by atoms with Crippen LogP contribution in [0.1, 0.15) is 52.0 Å². The molecule has 0 bridgehead atoms. The number of halogens is 2. The molecule has 1 N–H and O–H groups in total. The third kappa shape index (κ3) is 6.14. The summed E-state index contributed by atoms with van der Waals surface area (Å²) in [5, 5.41) is 11.0. The van der Waals surface area contributed by atoms with E-state index in [1.165, 1.54) is 24.3 Å². The summed E-state index contributed by atoms with van der Waals surface area (Å²) in [5.41, 5.74) is -0.603. The molecule has 1 amide bonds. The minimum absolute atomic E-state index is 0.00322. The van der Waals surface area contributed by atoms with Gasteiger partial charge in [-0.1, -0.05) is 18.7 Å². The lowest BCUT2D eigenvalue weighted by molar-refractivity contribution is -0.0434. The second kappa shape index (κ2) is 11.7. The van der Waals surface area contributed by atoms with E-state index in [0.717, 1.165) is 38.8 Å². The first-order valence-electron chi connectivity index (χ1n) is 15.6. The fraction of sp³-hybridized carbons (Fsp3) is 0.500. The molecule has 0 unspecified atom stereocenters. The van der Waals surface area contributed by atoms with E-state index in [1.807, 2.05) is 20.8 Å². The van der Waals surface area contributed by atoms with Crippen molar-refractivity contribution in [3.05, 3.63) is 48.0 Å². The summed E-state index contributed by atoms with van der Waals surface area (Å²) < 4.78 is 43.4. The van der Waals surface area contributed by atoms with Crippen LogP contribution in [0.15, 0.2) is 30.8 Å². The van der Waals surface area contributed by atoms with Gasteiger partial charge in [-0.15, -0.1) is 0 Å². The van der Waals surface area contributed by atoms with Gasteiger partial charge in [0.2, 0.25) is 0 Å². The predicted octanol–water partition coefficient (Wildman–Crippen LogP) is 6.23. The lowest BCUT2D eigenvalue weighted by Crippen LogP contribution is -2.62. The number of carbonyl (C=O) groups is 1. The molecule has 0 radical (unpaired) electrons. The van der Waals surface area contributed by atoms with Gasteiger partial charge >= 0.3 is 12.1 Å². The molecule has 3 aliphatic heterocycles. The third-order valence-corrected chi connectivity index (χ3v) is 9.15. The molecule has 11 heteroatoms. The molecular formula is C34H41F2N5O4. The summed E-state index contributed by atoms with van der Waals surface area (Å²) >= 11 is 0. The largest absolute Gasteiger partial charge is 0.507 e. The van der Waals surface area contributed by atoms with Crippen LogP contribution < -0.4 is 9.64 Å². The van der Waals surface area contributed by atoms with Crippen molar-refractivity contribution in [3.8, 4) is 22.9 Å². The van der Waals surface area contributed by atoms with Crippen LogP contribution in [0.3, 0.4) is 0 Å². The maximum absolute atomic E-state index is 16.6. The molecule has 45 heavy (non-hydrogen) atoms. The SMILES string of the molecule is C=Cc1cc2c(N3CCC4(CC3)CN(C(=O)OC(C)(C)C)C4)nc(OC3CCN(C)CC3)nc2c(F)c1-c1c(O)cccc1F. The number of aromatic nitrogens is 2. The standard InChI is InChI=1S/C34H41F2N5O4/c1-6-21-18-23-29(28(36)26(21)27-24(35)8-7-9-25(27)42)37-31(44-22-10-14-39(5)15-11-22)38-30(23)40-16-12-34(13-17-40)19-41(20-34)32(43)45-33(2,3)4/h6-9,18,22,42H,1,10-17,19-20H2,2-5H3. The van der Waals surface area contributed by atoms with Crippen LogP contribution >= 0.6 is 0 Å². The molecule has 3 aliphatic rings. The Kier molecular flexibility index (Phi) is 8.09. The fourth-order valence-corrected chi connectivity index (χ4v) is 6.66. The molecule has 1 spiro atoms. The Balaban J connectivity index is 1.35. The van der Waals surface area contributed by atoms with Crippen LogP contribution in [0.4, 0.5) is 19.4 Å². The highest BCUT2D eigenvalue weighted by Crippen LogP contribution is 2.45. The number of ether oxygens (including phenoxy) is 2. The monoisotopic (exact) mass is 621 g/mol. The van der Waals surface area contributed by atoms with Crippen molar-refractivity contribution in [1.29, 1.82) is 0 Å². The molecular weight excluding hydrogens is 580 g/mol. The number of rotatable bonds is 5. The normalized spacial score (nSPS) is 19.1. The quantitative estimate of drug-likeness (QED) is 0.359. The molecule has 3 aromatic rings. The van der Waals surface area contributed by atoms with E-state index in [-0.39, 0.29) is 46.0 Å². The van der Waals surface area contributed by atoms with E-state index in [1.54, 1.807) is 11.0 Å². The van der Waals surface area contributed by atoms with E-state index in [0.29, 0.717) is 42.9 Å². The maximum atomic E-state index is 16.6. The van der Waals surface area contributed by atoms with Crippen molar-refractivity contribution in [2.45, 2.75) is 58.2 Å². The summed E-state index contributed by atoms with van der Waals surface area (Å²) in [6.45, 7) is 13.7. The zero-order valence-electron chi connectivity index (χ0n) is 26.4. The Hall–Kier alpha value is -3.99. The van der Waals surface area contributed by atoms with Gasteiger partial charge in [-0.05, 0) is 77.3 Å². The van der Waals surface area contributed by atoms with E-state index >= 15 is 8.78 Å². The first kappa shape index (κ1) is 31.0. The molecule has 3 fully saturated rings. The van der Waals surface area contributed by atoms with E-state index in [2.05, 4.69) is 28.4 Å². The average Bonchev–Trinajstić information content (AvgIpc) is 2.97. The summed E-state index contributed by atoms with van der Waals surface area (Å²) in [6.07, 6.45) is 4.26. The van der Waals surface area contributed by atoms with Gasteiger partial charge in [0, 0.05) is 55.6 Å².